The molecule has 3 unspecified atom stereocenters. The molecule has 0 aromatic heterocycles. The summed E-state index contributed by atoms with van der Waals surface area (Å²) in [5.74, 6) is 0.234. The highest BCUT2D eigenvalue weighted by Crippen LogP contribution is 2.31. The van der Waals surface area contributed by atoms with Gasteiger partial charge in [-0.3, -0.25) is 0 Å². The maximum Gasteiger partial charge on any atom is 0.407 e. The molecule has 1 N–H and O–H groups in total. The summed E-state index contributed by atoms with van der Waals surface area (Å²) in [5.41, 5.74) is 0.213. The van der Waals surface area contributed by atoms with Crippen molar-refractivity contribution in [3.8, 4) is 0 Å². The van der Waals surface area contributed by atoms with E-state index in [2.05, 4.69) is 15.3 Å². The van der Waals surface area contributed by atoms with Crippen molar-refractivity contribution in [1.82, 2.24) is 10.2 Å². The molecule has 0 aromatic carbocycles. The van der Waals surface area contributed by atoms with Gasteiger partial charge in [-0.15, -0.1) is 0 Å². The molecule has 0 aromatic rings. The first-order valence-corrected chi connectivity index (χ1v) is 10.4. The molecule has 170 valence electrons. The zero-order valence-electron chi connectivity index (χ0n) is 18.2. The standard InChI is InChI=1S/C22H29F3N4O2/c1-21(2,3)31-20(30)28-17-7-8-18(11-17)29(4)19-15-9-14(12-22(23,24)25)5-6-16(10-15)26-13-27-19/h5-6,9-10,13,15,17-18H,7-8,11-12H2,1-4H3,(H,28,30). The fourth-order valence-electron chi connectivity index (χ4n) is 4.02. The van der Waals surface area contributed by atoms with Crippen LogP contribution >= 0.6 is 0 Å². The number of hydrogen-bond donors (Lipinski definition) is 1. The molecule has 2 aliphatic carbocycles. The van der Waals surface area contributed by atoms with Crippen LogP contribution in [0.3, 0.4) is 0 Å². The highest BCUT2D eigenvalue weighted by atomic mass is 19.4. The molecule has 6 nitrogen and oxygen atoms in total. The lowest BCUT2D eigenvalue weighted by atomic mass is 10.0. The Hall–Kier alpha value is -2.58. The normalized spacial score (nSPS) is 25.8. The number of fused-ring (bicyclic) bond motifs is 1. The number of aliphatic imine (C=N–C) groups is 2. The Kier molecular flexibility index (Phi) is 6.62. The number of amides is 1. The fraction of sp³-hybridized carbons (Fsp3) is 0.591. The number of nitrogens with zero attached hydrogens (tertiary/aromatic N) is 3. The highest BCUT2D eigenvalue weighted by molar-refractivity contribution is 5.94. The van der Waals surface area contributed by atoms with Crippen LogP contribution < -0.4 is 5.32 Å². The molecule has 3 atom stereocenters. The molecule has 3 aliphatic rings. The van der Waals surface area contributed by atoms with Crippen LogP contribution in [0.2, 0.25) is 0 Å². The molecule has 1 aliphatic heterocycles. The molecule has 9 heteroatoms. The molecule has 31 heavy (non-hydrogen) atoms. The van der Waals surface area contributed by atoms with Crippen molar-refractivity contribution in [3.05, 3.63) is 35.6 Å². The monoisotopic (exact) mass is 438 g/mol. The molecule has 2 bridgehead atoms. The maximum absolute atomic E-state index is 12.9. The first-order valence-electron chi connectivity index (χ1n) is 10.4. The van der Waals surface area contributed by atoms with Gasteiger partial charge in [-0.1, -0.05) is 12.2 Å². The van der Waals surface area contributed by atoms with Gasteiger partial charge in [0.2, 0.25) is 0 Å². The fourth-order valence-corrected chi connectivity index (χ4v) is 4.02. The topological polar surface area (TPSA) is 66.3 Å². The van der Waals surface area contributed by atoms with Crippen molar-refractivity contribution in [2.75, 3.05) is 7.05 Å². The first-order chi connectivity index (χ1) is 14.4. The van der Waals surface area contributed by atoms with Crippen molar-refractivity contribution in [1.29, 1.82) is 0 Å². The minimum Gasteiger partial charge on any atom is -0.444 e. The predicted molar refractivity (Wildman–Crippen MR) is 114 cm³/mol. The third-order valence-electron chi connectivity index (χ3n) is 5.35. The summed E-state index contributed by atoms with van der Waals surface area (Å²) in [6, 6.07) is 0.0679. The van der Waals surface area contributed by atoms with Crippen LogP contribution in [0.15, 0.2) is 45.6 Å². The Morgan fingerprint density at radius 3 is 2.65 bits per heavy atom. The van der Waals surface area contributed by atoms with Gasteiger partial charge >= 0.3 is 12.3 Å². The summed E-state index contributed by atoms with van der Waals surface area (Å²) in [4.78, 5) is 22.7. The third kappa shape index (κ3) is 6.70. The smallest absolute Gasteiger partial charge is 0.407 e. The largest absolute Gasteiger partial charge is 0.444 e. The van der Waals surface area contributed by atoms with Crippen LogP contribution in [0.4, 0.5) is 18.0 Å². The molecule has 0 radical (unpaired) electrons. The van der Waals surface area contributed by atoms with Crippen LogP contribution in [0.25, 0.3) is 0 Å². The lowest BCUT2D eigenvalue weighted by molar-refractivity contribution is -0.126. The van der Waals surface area contributed by atoms with Gasteiger partial charge in [0, 0.05) is 19.1 Å². The minimum absolute atomic E-state index is 0.0272. The van der Waals surface area contributed by atoms with E-state index in [0.29, 0.717) is 18.0 Å². The van der Waals surface area contributed by atoms with E-state index >= 15 is 0 Å². The summed E-state index contributed by atoms with van der Waals surface area (Å²) in [6.07, 6.45) is 4.52. The number of nitrogens with one attached hydrogen (secondary N) is 1. The van der Waals surface area contributed by atoms with E-state index in [1.165, 1.54) is 12.4 Å². The number of carbonyl (C=O) groups is 1. The van der Waals surface area contributed by atoms with Crippen molar-refractivity contribution in [2.24, 2.45) is 15.9 Å². The molecular formula is C22H29F3N4O2. The van der Waals surface area contributed by atoms with Gasteiger partial charge in [0.1, 0.15) is 17.8 Å². The Bertz CT molecular complexity index is 850. The van der Waals surface area contributed by atoms with Crippen LogP contribution in [0.5, 0.6) is 0 Å². The number of allylic oxidation sites excluding steroid dienone is 3. The Morgan fingerprint density at radius 1 is 1.23 bits per heavy atom. The number of hydrogen-bond acceptors (Lipinski definition) is 5. The Morgan fingerprint density at radius 2 is 1.97 bits per heavy atom. The average molecular weight is 438 g/mol. The second-order valence-electron chi connectivity index (χ2n) is 9.14. The second kappa shape index (κ2) is 8.88. The van der Waals surface area contributed by atoms with Crippen molar-refractivity contribution in [3.63, 3.8) is 0 Å². The van der Waals surface area contributed by atoms with Gasteiger partial charge < -0.3 is 15.0 Å². The second-order valence-corrected chi connectivity index (χ2v) is 9.14. The Labute approximate surface area is 180 Å². The molecule has 1 heterocycles. The molecular weight excluding hydrogens is 409 g/mol. The van der Waals surface area contributed by atoms with E-state index in [4.69, 9.17) is 4.74 Å². The summed E-state index contributed by atoms with van der Waals surface area (Å²) in [6.45, 7) is 5.44. The molecule has 0 saturated heterocycles. The molecule has 1 saturated carbocycles. The van der Waals surface area contributed by atoms with Crippen LogP contribution in [-0.2, 0) is 4.74 Å². The highest BCUT2D eigenvalue weighted by Gasteiger charge is 2.34. The van der Waals surface area contributed by atoms with E-state index in [9.17, 15) is 18.0 Å². The predicted octanol–water partition coefficient (Wildman–Crippen LogP) is 4.75. The SMILES string of the molecule is CN(C1=NC=NC2=CC1C=C(CC(F)(F)F)C=C2)C1CCC(NC(=O)OC(C)(C)C)C1. The lowest BCUT2D eigenvalue weighted by Crippen LogP contribution is -2.41. The van der Waals surface area contributed by atoms with Gasteiger partial charge in [-0.25, -0.2) is 14.8 Å². The zero-order chi connectivity index (χ0) is 22.8. The number of alkyl carbamates (subject to hydrolysis) is 1. The molecule has 3 rings (SSSR count). The van der Waals surface area contributed by atoms with Crippen molar-refractivity contribution >= 4 is 18.3 Å². The first kappa shape index (κ1) is 23.1. The van der Waals surface area contributed by atoms with Crippen LogP contribution in [0, 0.1) is 5.92 Å². The number of halogens is 3. The zero-order valence-corrected chi connectivity index (χ0v) is 18.2. The van der Waals surface area contributed by atoms with E-state index < -0.39 is 30.2 Å². The van der Waals surface area contributed by atoms with Crippen molar-refractivity contribution < 1.29 is 22.7 Å². The van der Waals surface area contributed by atoms with Gasteiger partial charge in [0.05, 0.1) is 18.0 Å². The van der Waals surface area contributed by atoms with Crippen molar-refractivity contribution in [2.45, 2.75) is 70.3 Å². The summed E-state index contributed by atoms with van der Waals surface area (Å²) >= 11 is 0. The summed E-state index contributed by atoms with van der Waals surface area (Å²) in [5, 5.41) is 2.91. The summed E-state index contributed by atoms with van der Waals surface area (Å²) < 4.78 is 44.2. The van der Waals surface area contributed by atoms with E-state index in [0.717, 1.165) is 12.8 Å². The van der Waals surface area contributed by atoms with Crippen LogP contribution in [0.1, 0.15) is 46.5 Å². The van der Waals surface area contributed by atoms with E-state index in [-0.39, 0.29) is 17.7 Å². The number of amidine groups is 1. The molecule has 1 fully saturated rings. The third-order valence-corrected chi connectivity index (χ3v) is 5.35. The van der Waals surface area contributed by atoms with E-state index in [1.807, 2.05) is 38.8 Å². The number of rotatable bonds is 3. The lowest BCUT2D eigenvalue weighted by Gasteiger charge is -2.30. The van der Waals surface area contributed by atoms with Gasteiger partial charge in [0.15, 0.2) is 0 Å². The van der Waals surface area contributed by atoms with E-state index in [1.54, 1.807) is 12.2 Å². The summed E-state index contributed by atoms with van der Waals surface area (Å²) in [7, 11) is 1.89. The molecule has 0 spiro atoms. The minimum atomic E-state index is -4.28. The number of carbonyl (C=O) groups excluding carboxylic acids is 1. The Balaban J connectivity index is 1.69. The molecule has 1 amide bonds. The van der Waals surface area contributed by atoms with Gasteiger partial charge in [-0.2, -0.15) is 13.2 Å². The number of ether oxygens (including phenoxy) is 1. The average Bonchev–Trinajstić information content (AvgIpc) is 2.86. The van der Waals surface area contributed by atoms with Gasteiger partial charge in [-0.05, 0) is 57.8 Å². The quantitative estimate of drug-likeness (QED) is 0.691. The van der Waals surface area contributed by atoms with Crippen LogP contribution in [-0.4, -0.2) is 54.1 Å². The maximum atomic E-state index is 12.9. The number of alkyl halides is 3. The van der Waals surface area contributed by atoms with Gasteiger partial charge in [0.25, 0.3) is 0 Å².